The minimum absolute atomic E-state index is 0.0146. The molecule has 2 N–H and O–H groups in total. The van der Waals surface area contributed by atoms with Crippen LogP contribution >= 0.6 is 23.2 Å². The predicted octanol–water partition coefficient (Wildman–Crippen LogP) is 4.38. The lowest BCUT2D eigenvalue weighted by Gasteiger charge is -2.48. The molecule has 0 aromatic heterocycles. The first-order valence-electron chi connectivity index (χ1n) is 12.1. The maximum Gasteiger partial charge on any atom is 0.333 e. The molecule has 0 unspecified atom stereocenters. The van der Waals surface area contributed by atoms with E-state index in [-0.39, 0.29) is 12.8 Å². The van der Waals surface area contributed by atoms with E-state index in [9.17, 15) is 24.6 Å². The van der Waals surface area contributed by atoms with Crippen LogP contribution in [0.4, 0.5) is 0 Å². The summed E-state index contributed by atoms with van der Waals surface area (Å²) in [6.45, 7) is 16.3. The van der Waals surface area contributed by atoms with Gasteiger partial charge in [0.2, 0.25) is 0 Å². The van der Waals surface area contributed by atoms with Crippen molar-refractivity contribution in [3.05, 3.63) is 35.5 Å². The molecule has 8 nitrogen and oxygen atoms in total. The van der Waals surface area contributed by atoms with E-state index < -0.39 is 64.1 Å². The molecule has 0 radical (unpaired) electrons. The number of esters is 3. The van der Waals surface area contributed by atoms with Crippen molar-refractivity contribution in [2.75, 3.05) is 0 Å². The van der Waals surface area contributed by atoms with Gasteiger partial charge in [-0.05, 0) is 60.5 Å². The number of aliphatic hydroxyl groups is 2. The summed E-state index contributed by atoms with van der Waals surface area (Å²) in [5.74, 6) is -2.81. The molecule has 210 valence electrons. The van der Waals surface area contributed by atoms with Gasteiger partial charge in [0.05, 0.1) is 16.4 Å². The van der Waals surface area contributed by atoms with Crippen molar-refractivity contribution in [3.8, 4) is 0 Å². The minimum atomic E-state index is -1.76. The van der Waals surface area contributed by atoms with E-state index in [1.54, 1.807) is 39.8 Å². The average Bonchev–Trinajstić information content (AvgIpc) is 2.80. The second-order valence-corrected chi connectivity index (χ2v) is 11.3. The summed E-state index contributed by atoms with van der Waals surface area (Å²) in [5, 5.41) is 19.8. The van der Waals surface area contributed by atoms with Gasteiger partial charge in [-0.25, -0.2) is 9.59 Å². The molecule has 1 fully saturated rings. The Kier molecular flexibility index (Phi) is 11.9. The molecule has 10 heteroatoms. The van der Waals surface area contributed by atoms with Crippen LogP contribution in [0.2, 0.25) is 0 Å². The van der Waals surface area contributed by atoms with Gasteiger partial charge in [0.25, 0.3) is 0 Å². The maximum atomic E-state index is 12.8. The van der Waals surface area contributed by atoms with Crippen molar-refractivity contribution in [1.29, 1.82) is 0 Å². The van der Waals surface area contributed by atoms with Crippen LogP contribution in [-0.4, -0.2) is 68.4 Å². The highest BCUT2D eigenvalue weighted by molar-refractivity contribution is 6.21. The van der Waals surface area contributed by atoms with Crippen LogP contribution in [0.25, 0.3) is 0 Å². The number of hydrogen-bond donors (Lipinski definition) is 2. The summed E-state index contributed by atoms with van der Waals surface area (Å²) in [7, 11) is 0. The Morgan fingerprint density at radius 2 is 1.62 bits per heavy atom. The van der Waals surface area contributed by atoms with Crippen molar-refractivity contribution >= 4 is 41.1 Å². The van der Waals surface area contributed by atoms with Crippen LogP contribution in [0.3, 0.4) is 0 Å². The number of carbonyl (C=O) groups excluding carboxylic acids is 3. The second kappa shape index (κ2) is 13.3. The van der Waals surface area contributed by atoms with Crippen molar-refractivity contribution in [3.63, 3.8) is 0 Å². The third-order valence-electron chi connectivity index (χ3n) is 6.74. The predicted molar refractivity (Wildman–Crippen MR) is 142 cm³/mol. The molecule has 1 aliphatic rings. The normalized spacial score (nSPS) is 28.6. The molecule has 0 saturated heterocycles. The molecule has 7 atom stereocenters. The summed E-state index contributed by atoms with van der Waals surface area (Å²) in [5.41, 5.74) is -2.13. The average molecular weight is 564 g/mol. The van der Waals surface area contributed by atoms with Crippen LogP contribution in [0, 0.1) is 5.92 Å². The SMILES string of the molecule is C=C([C@H](C[C@@H](Cl)C(C)(C)O)OC(=O)/C(C)=C\C)[C@H]1C[C@H](Cl)[C@@](C)(O)[C@@H](OC(C)=O)[C@H]1OC(=O)/C(C)=C\C. The smallest absolute Gasteiger partial charge is 0.333 e. The number of rotatable bonds is 10. The zero-order valence-corrected chi connectivity index (χ0v) is 24.4. The fourth-order valence-corrected chi connectivity index (χ4v) is 4.33. The number of allylic oxidation sites excluding steroid dienone is 2. The zero-order chi connectivity index (χ0) is 28.9. The highest BCUT2D eigenvalue weighted by atomic mass is 35.5. The summed E-state index contributed by atoms with van der Waals surface area (Å²) < 4.78 is 17.0. The van der Waals surface area contributed by atoms with Crippen LogP contribution in [0.15, 0.2) is 35.5 Å². The molecule has 0 aromatic rings. The van der Waals surface area contributed by atoms with Crippen molar-refractivity contribution < 1.29 is 38.8 Å². The van der Waals surface area contributed by atoms with Crippen molar-refractivity contribution in [2.24, 2.45) is 5.92 Å². The number of alkyl halides is 2. The Hall–Kier alpha value is -1.87. The Bertz CT molecular complexity index is 931. The van der Waals surface area contributed by atoms with Crippen molar-refractivity contribution in [1.82, 2.24) is 0 Å². The first kappa shape index (κ1) is 33.2. The first-order valence-corrected chi connectivity index (χ1v) is 13.0. The lowest BCUT2D eigenvalue weighted by atomic mass is 9.71. The Balaban J connectivity index is 3.60. The molecule has 0 bridgehead atoms. The summed E-state index contributed by atoms with van der Waals surface area (Å²) >= 11 is 13.0. The molecular weight excluding hydrogens is 523 g/mol. The van der Waals surface area contributed by atoms with Gasteiger partial charge in [-0.3, -0.25) is 4.79 Å². The molecule has 1 aliphatic carbocycles. The van der Waals surface area contributed by atoms with Gasteiger partial charge >= 0.3 is 17.9 Å². The third kappa shape index (κ3) is 8.57. The standard InChI is InChI=1S/C27H40Cl2O8/c1-10-14(3)24(31)36-19(13-20(28)26(7,8)33)16(5)18-12-21(29)27(9,34)23(35-17(6)30)22(18)37-25(32)15(4)11-2/h10-11,18-23,33-34H,5,12-13H2,1-4,6-9H3/b14-10-,15-11-/t18-,19+,20-,21+,22+,23+,27-/m1/s1. The Labute approximate surface area is 229 Å². The fourth-order valence-electron chi connectivity index (χ4n) is 3.85. The van der Waals surface area contributed by atoms with Gasteiger partial charge in [0.15, 0.2) is 6.10 Å². The first-order chi connectivity index (χ1) is 16.9. The van der Waals surface area contributed by atoms with Gasteiger partial charge < -0.3 is 24.4 Å². The largest absolute Gasteiger partial charge is 0.455 e. The molecule has 0 heterocycles. The highest BCUT2D eigenvalue weighted by Crippen LogP contribution is 2.44. The van der Waals surface area contributed by atoms with Gasteiger partial charge in [-0.15, -0.1) is 23.2 Å². The number of hydrogen-bond acceptors (Lipinski definition) is 8. The molecule has 0 aliphatic heterocycles. The molecular formula is C27H40Cl2O8. The molecule has 0 spiro atoms. The topological polar surface area (TPSA) is 119 Å². The lowest BCUT2D eigenvalue weighted by Crippen LogP contribution is -2.63. The van der Waals surface area contributed by atoms with E-state index in [0.29, 0.717) is 16.7 Å². The molecule has 37 heavy (non-hydrogen) atoms. The minimum Gasteiger partial charge on any atom is -0.455 e. The quantitative estimate of drug-likeness (QED) is 0.132. The van der Waals surface area contributed by atoms with Gasteiger partial charge in [-0.1, -0.05) is 18.7 Å². The third-order valence-corrected chi connectivity index (χ3v) is 8.07. The number of carbonyl (C=O) groups is 3. The van der Waals surface area contributed by atoms with E-state index in [4.69, 9.17) is 37.4 Å². The highest BCUT2D eigenvalue weighted by Gasteiger charge is 2.56. The summed E-state index contributed by atoms with van der Waals surface area (Å²) in [4.78, 5) is 37.5. The second-order valence-electron chi connectivity index (χ2n) is 10.2. The molecule has 0 amide bonds. The Morgan fingerprint density at radius 1 is 1.11 bits per heavy atom. The molecule has 0 aromatic carbocycles. The van der Waals surface area contributed by atoms with Gasteiger partial charge in [0.1, 0.15) is 17.8 Å². The number of halogens is 2. The zero-order valence-electron chi connectivity index (χ0n) is 22.8. The number of ether oxygens (including phenoxy) is 3. The molecule has 1 saturated carbocycles. The van der Waals surface area contributed by atoms with Gasteiger partial charge in [-0.2, -0.15) is 0 Å². The monoisotopic (exact) mass is 562 g/mol. The van der Waals surface area contributed by atoms with Crippen LogP contribution in [-0.2, 0) is 28.6 Å². The summed E-state index contributed by atoms with van der Waals surface area (Å²) in [6, 6.07) is 0. The van der Waals surface area contributed by atoms with Crippen molar-refractivity contribution in [2.45, 2.75) is 108 Å². The van der Waals surface area contributed by atoms with E-state index in [1.165, 1.54) is 27.7 Å². The van der Waals surface area contributed by atoms with Gasteiger partial charge in [0, 0.05) is 30.4 Å². The van der Waals surface area contributed by atoms with Crippen LogP contribution in [0.1, 0.15) is 68.2 Å². The van der Waals surface area contributed by atoms with Crippen LogP contribution in [0.5, 0.6) is 0 Å². The van der Waals surface area contributed by atoms with E-state index in [1.807, 2.05) is 0 Å². The van der Waals surface area contributed by atoms with E-state index >= 15 is 0 Å². The Morgan fingerprint density at radius 3 is 2.08 bits per heavy atom. The summed E-state index contributed by atoms with van der Waals surface area (Å²) in [6.07, 6.45) is -0.372. The maximum absolute atomic E-state index is 12.8. The van der Waals surface area contributed by atoms with Crippen LogP contribution < -0.4 is 0 Å². The fraction of sp³-hybridized carbons (Fsp3) is 0.667. The molecule has 1 rings (SSSR count). The lowest BCUT2D eigenvalue weighted by molar-refractivity contribution is -0.202. The van der Waals surface area contributed by atoms with E-state index in [2.05, 4.69) is 6.58 Å². The van der Waals surface area contributed by atoms with E-state index in [0.717, 1.165) is 0 Å².